The summed E-state index contributed by atoms with van der Waals surface area (Å²) >= 11 is 0. The van der Waals surface area contributed by atoms with Crippen LogP contribution in [0.1, 0.15) is 36.2 Å². The number of rotatable bonds is 4. The lowest BCUT2D eigenvalue weighted by atomic mass is 9.80. The van der Waals surface area contributed by atoms with Crippen molar-refractivity contribution in [3.63, 3.8) is 0 Å². The highest BCUT2D eigenvalue weighted by atomic mass is 16.2. The van der Waals surface area contributed by atoms with Crippen LogP contribution in [0.25, 0.3) is 0 Å². The highest BCUT2D eigenvalue weighted by Crippen LogP contribution is 2.25. The molecule has 3 N–H and O–H groups in total. The zero-order valence-electron chi connectivity index (χ0n) is 15.1. The Bertz CT molecular complexity index is 627. The second kappa shape index (κ2) is 7.54. The lowest BCUT2D eigenvalue weighted by molar-refractivity contribution is -0.124. The molecule has 0 bridgehead atoms. The average molecular weight is 344 g/mol. The van der Waals surface area contributed by atoms with E-state index in [1.165, 1.54) is 0 Å². The Kier molecular flexibility index (Phi) is 5.39. The van der Waals surface area contributed by atoms with E-state index in [2.05, 4.69) is 34.7 Å². The van der Waals surface area contributed by atoms with Gasteiger partial charge in [0.1, 0.15) is 0 Å². The van der Waals surface area contributed by atoms with E-state index >= 15 is 0 Å². The van der Waals surface area contributed by atoms with Gasteiger partial charge in [-0.25, -0.2) is 0 Å². The number of amides is 2. The largest absolute Gasteiger partial charge is 0.354 e. The number of nitrogens with one attached hydrogen (secondary N) is 3. The Morgan fingerprint density at radius 1 is 1.28 bits per heavy atom. The fraction of sp³-hybridized carbons (Fsp3) is 0.579. The van der Waals surface area contributed by atoms with Gasteiger partial charge in [0.05, 0.1) is 6.54 Å². The molecule has 0 spiro atoms. The molecule has 2 aliphatic heterocycles. The summed E-state index contributed by atoms with van der Waals surface area (Å²) in [5.74, 6) is 0.0655. The molecule has 2 amide bonds. The van der Waals surface area contributed by atoms with Crippen LogP contribution >= 0.6 is 0 Å². The Morgan fingerprint density at radius 3 is 2.72 bits per heavy atom. The SMILES string of the molecule is CC1(C)CNCCC1NC(=O)c1ccc(CN2CCNC(=O)C2)cc1. The van der Waals surface area contributed by atoms with E-state index in [1.54, 1.807) is 0 Å². The summed E-state index contributed by atoms with van der Waals surface area (Å²) in [4.78, 5) is 26.1. The van der Waals surface area contributed by atoms with Crippen molar-refractivity contribution in [1.82, 2.24) is 20.9 Å². The van der Waals surface area contributed by atoms with Crippen LogP contribution in [-0.4, -0.2) is 55.5 Å². The first-order valence-electron chi connectivity index (χ1n) is 9.04. The molecule has 2 fully saturated rings. The third-order valence-electron chi connectivity index (χ3n) is 5.18. The highest BCUT2D eigenvalue weighted by Gasteiger charge is 2.33. The maximum atomic E-state index is 12.6. The van der Waals surface area contributed by atoms with Gasteiger partial charge in [0.25, 0.3) is 5.91 Å². The second-order valence-corrected chi connectivity index (χ2v) is 7.74. The maximum absolute atomic E-state index is 12.6. The van der Waals surface area contributed by atoms with Crippen LogP contribution in [-0.2, 0) is 11.3 Å². The summed E-state index contributed by atoms with van der Waals surface area (Å²) in [7, 11) is 0. The minimum absolute atomic E-state index is 0.0103. The predicted octanol–water partition coefficient (Wildman–Crippen LogP) is 0.736. The van der Waals surface area contributed by atoms with Gasteiger partial charge in [0.2, 0.25) is 5.91 Å². The average Bonchev–Trinajstić information content (AvgIpc) is 2.57. The van der Waals surface area contributed by atoms with Gasteiger partial charge >= 0.3 is 0 Å². The van der Waals surface area contributed by atoms with Crippen molar-refractivity contribution in [2.24, 2.45) is 5.41 Å². The molecule has 3 rings (SSSR count). The van der Waals surface area contributed by atoms with E-state index in [0.29, 0.717) is 18.7 Å². The number of piperazine rings is 1. The zero-order chi connectivity index (χ0) is 17.9. The molecule has 6 heteroatoms. The van der Waals surface area contributed by atoms with Crippen molar-refractivity contribution in [2.75, 3.05) is 32.7 Å². The number of hydrogen-bond donors (Lipinski definition) is 3. The molecular weight excluding hydrogens is 316 g/mol. The van der Waals surface area contributed by atoms with Crippen LogP contribution in [0.4, 0.5) is 0 Å². The minimum Gasteiger partial charge on any atom is -0.354 e. The van der Waals surface area contributed by atoms with Crippen molar-refractivity contribution in [3.05, 3.63) is 35.4 Å². The van der Waals surface area contributed by atoms with Gasteiger partial charge in [-0.3, -0.25) is 14.5 Å². The van der Waals surface area contributed by atoms with Crippen LogP contribution in [0.15, 0.2) is 24.3 Å². The van der Waals surface area contributed by atoms with Crippen molar-refractivity contribution in [2.45, 2.75) is 32.9 Å². The Labute approximate surface area is 149 Å². The van der Waals surface area contributed by atoms with E-state index in [0.717, 1.165) is 38.2 Å². The van der Waals surface area contributed by atoms with E-state index in [9.17, 15) is 9.59 Å². The monoisotopic (exact) mass is 344 g/mol. The maximum Gasteiger partial charge on any atom is 0.251 e. The van der Waals surface area contributed by atoms with Crippen molar-refractivity contribution < 1.29 is 9.59 Å². The molecule has 1 unspecified atom stereocenters. The van der Waals surface area contributed by atoms with Crippen LogP contribution in [0.5, 0.6) is 0 Å². The first kappa shape index (κ1) is 17.9. The third-order valence-corrected chi connectivity index (χ3v) is 5.18. The lowest BCUT2D eigenvalue weighted by Gasteiger charge is -2.39. The number of hydrogen-bond acceptors (Lipinski definition) is 4. The fourth-order valence-electron chi connectivity index (χ4n) is 3.53. The number of carbonyl (C=O) groups is 2. The highest BCUT2D eigenvalue weighted by molar-refractivity contribution is 5.94. The summed E-state index contributed by atoms with van der Waals surface area (Å²) in [5, 5.41) is 9.40. The molecule has 25 heavy (non-hydrogen) atoms. The molecule has 2 saturated heterocycles. The molecule has 0 aromatic heterocycles. The molecule has 1 atom stereocenters. The number of nitrogens with zero attached hydrogens (tertiary/aromatic N) is 1. The molecule has 0 saturated carbocycles. The minimum atomic E-state index is -0.0103. The smallest absolute Gasteiger partial charge is 0.251 e. The van der Waals surface area contributed by atoms with Crippen molar-refractivity contribution >= 4 is 11.8 Å². The molecule has 6 nitrogen and oxygen atoms in total. The zero-order valence-corrected chi connectivity index (χ0v) is 15.1. The van der Waals surface area contributed by atoms with Gasteiger partial charge in [-0.15, -0.1) is 0 Å². The van der Waals surface area contributed by atoms with E-state index in [4.69, 9.17) is 0 Å². The van der Waals surface area contributed by atoms with Crippen LogP contribution in [0, 0.1) is 5.41 Å². The van der Waals surface area contributed by atoms with Gasteiger partial charge in [-0.2, -0.15) is 0 Å². The van der Waals surface area contributed by atoms with Crippen LogP contribution < -0.4 is 16.0 Å². The van der Waals surface area contributed by atoms with Gasteiger partial charge in [-0.05, 0) is 36.1 Å². The quantitative estimate of drug-likeness (QED) is 0.753. The molecule has 2 aliphatic rings. The fourth-order valence-corrected chi connectivity index (χ4v) is 3.53. The number of piperidine rings is 1. The van der Waals surface area contributed by atoms with Gasteiger partial charge in [0, 0.05) is 37.8 Å². The lowest BCUT2D eigenvalue weighted by Crippen LogP contribution is -2.54. The Morgan fingerprint density at radius 2 is 2.04 bits per heavy atom. The first-order valence-corrected chi connectivity index (χ1v) is 9.04. The second-order valence-electron chi connectivity index (χ2n) is 7.74. The summed E-state index contributed by atoms with van der Waals surface area (Å²) in [5.41, 5.74) is 1.87. The number of benzene rings is 1. The van der Waals surface area contributed by atoms with Crippen LogP contribution in [0.2, 0.25) is 0 Å². The molecule has 0 radical (unpaired) electrons. The Balaban J connectivity index is 1.58. The number of carbonyl (C=O) groups excluding carboxylic acids is 2. The molecule has 1 aromatic carbocycles. The van der Waals surface area contributed by atoms with E-state index < -0.39 is 0 Å². The van der Waals surface area contributed by atoms with Gasteiger partial charge < -0.3 is 16.0 Å². The summed E-state index contributed by atoms with van der Waals surface area (Å²) < 4.78 is 0. The molecule has 2 heterocycles. The van der Waals surface area contributed by atoms with E-state index in [1.807, 2.05) is 24.3 Å². The summed E-state index contributed by atoms with van der Waals surface area (Å²) in [6.45, 7) is 8.95. The predicted molar refractivity (Wildman–Crippen MR) is 97.3 cm³/mol. The molecule has 1 aromatic rings. The molecular formula is C19H28N4O2. The van der Waals surface area contributed by atoms with Gasteiger partial charge in [-0.1, -0.05) is 26.0 Å². The van der Waals surface area contributed by atoms with Crippen molar-refractivity contribution in [1.29, 1.82) is 0 Å². The first-order chi connectivity index (χ1) is 11.9. The van der Waals surface area contributed by atoms with Crippen LogP contribution in [0.3, 0.4) is 0 Å². The topological polar surface area (TPSA) is 73.5 Å². The van der Waals surface area contributed by atoms with Crippen molar-refractivity contribution in [3.8, 4) is 0 Å². The normalized spacial score (nSPS) is 23.8. The summed E-state index contributed by atoms with van der Waals surface area (Å²) in [6, 6.07) is 7.91. The molecule has 136 valence electrons. The molecule has 0 aliphatic carbocycles. The van der Waals surface area contributed by atoms with Gasteiger partial charge in [0.15, 0.2) is 0 Å². The summed E-state index contributed by atoms with van der Waals surface area (Å²) in [6.07, 6.45) is 0.952. The van der Waals surface area contributed by atoms with E-state index in [-0.39, 0.29) is 23.3 Å². The Hall–Kier alpha value is -1.92. The third kappa shape index (κ3) is 4.58. The standard InChI is InChI=1S/C19H28N4O2/c1-19(2)13-20-8-7-16(19)22-18(25)15-5-3-14(4-6-15)11-23-10-9-21-17(24)12-23/h3-6,16,20H,7-13H2,1-2H3,(H,21,24)(H,22,25).